The van der Waals surface area contributed by atoms with Gasteiger partial charge in [-0.15, -0.1) is 0 Å². The summed E-state index contributed by atoms with van der Waals surface area (Å²) in [5, 5.41) is 1.55. The van der Waals surface area contributed by atoms with Crippen LogP contribution in [0.4, 0.5) is 24.5 Å². The van der Waals surface area contributed by atoms with Crippen LogP contribution in [0.15, 0.2) is 87.1 Å². The number of imide groups is 1. The van der Waals surface area contributed by atoms with E-state index >= 15 is 0 Å². The topological polar surface area (TPSA) is 115 Å². The molecule has 4 aromatic rings. The maximum absolute atomic E-state index is 14.1. The van der Waals surface area contributed by atoms with Gasteiger partial charge in [-0.1, -0.05) is 63.3 Å². The number of nitrogens with zero attached hydrogens (tertiary/aromatic N) is 2. The molecule has 2 unspecified atom stereocenters. The van der Waals surface area contributed by atoms with E-state index in [0.717, 1.165) is 44.7 Å². The number of aromatic nitrogens is 1. The predicted molar refractivity (Wildman–Crippen MR) is 173 cm³/mol. The third-order valence-corrected chi connectivity index (χ3v) is 10.8. The second-order valence-corrected chi connectivity index (χ2v) is 13.6. The van der Waals surface area contributed by atoms with Crippen LogP contribution in [0, 0.1) is 5.92 Å². The summed E-state index contributed by atoms with van der Waals surface area (Å²) in [5.74, 6) is -4.14. The number of carbonyl (C=O) groups is 4. The minimum absolute atomic E-state index is 0.180. The normalized spacial score (nSPS) is 18.9. The highest BCUT2D eigenvalue weighted by atomic mass is 79.9. The average molecular weight is 747 g/mol. The Morgan fingerprint density at radius 3 is 2.38 bits per heavy atom. The SMILES string of the molecule is CCOC(=O)c1ccc(N2C(=O)C3Sc4c(sc(=O)n4CC(=O)Nc4ccccc4C(F)(F)F)[C@H](c4cccc(Br)c4)C3C2=O)cc1. The Balaban J connectivity index is 1.37. The second kappa shape index (κ2) is 12.8. The molecule has 1 aromatic heterocycles. The largest absolute Gasteiger partial charge is 0.462 e. The zero-order chi connectivity index (χ0) is 33.6. The summed E-state index contributed by atoms with van der Waals surface area (Å²) in [6.45, 7) is 1.24. The van der Waals surface area contributed by atoms with Crippen molar-refractivity contribution >= 4 is 74.1 Å². The Bertz CT molecular complexity index is 1980. The number of ether oxygens (including phenoxy) is 1. The Hall–Kier alpha value is -4.21. The molecule has 242 valence electrons. The lowest BCUT2D eigenvalue weighted by atomic mass is 9.83. The molecule has 0 saturated carbocycles. The number of halogens is 4. The minimum Gasteiger partial charge on any atom is -0.462 e. The Morgan fingerprint density at radius 1 is 0.979 bits per heavy atom. The highest BCUT2D eigenvalue weighted by molar-refractivity contribution is 9.10. The van der Waals surface area contributed by atoms with Crippen molar-refractivity contribution in [3.63, 3.8) is 0 Å². The molecule has 1 fully saturated rings. The highest BCUT2D eigenvalue weighted by Crippen LogP contribution is 2.54. The van der Waals surface area contributed by atoms with Crippen molar-refractivity contribution in [3.05, 3.63) is 109 Å². The zero-order valence-corrected chi connectivity index (χ0v) is 27.5. The van der Waals surface area contributed by atoms with Gasteiger partial charge in [0.05, 0.1) is 40.1 Å². The molecule has 0 bridgehead atoms. The number of esters is 1. The molecule has 3 amide bonds. The van der Waals surface area contributed by atoms with Crippen LogP contribution in [0.3, 0.4) is 0 Å². The monoisotopic (exact) mass is 745 g/mol. The number of hydrogen-bond acceptors (Lipinski definition) is 8. The van der Waals surface area contributed by atoms with Crippen LogP contribution in [0.2, 0.25) is 0 Å². The van der Waals surface area contributed by atoms with E-state index in [1.165, 1.54) is 36.4 Å². The van der Waals surface area contributed by atoms with Gasteiger partial charge in [-0.25, -0.2) is 9.69 Å². The smallest absolute Gasteiger partial charge is 0.418 e. The molecular formula is C32H23BrF3N3O6S2. The molecule has 2 aliphatic rings. The molecule has 3 atom stereocenters. The Morgan fingerprint density at radius 2 is 1.70 bits per heavy atom. The minimum atomic E-state index is -4.72. The molecule has 1 N–H and O–H groups in total. The number of rotatable bonds is 7. The van der Waals surface area contributed by atoms with E-state index in [1.807, 2.05) is 0 Å². The van der Waals surface area contributed by atoms with Gasteiger partial charge in [-0.3, -0.25) is 23.7 Å². The number of fused-ring (bicyclic) bond motifs is 2. The highest BCUT2D eigenvalue weighted by Gasteiger charge is 2.57. The number of benzene rings is 3. The van der Waals surface area contributed by atoms with Crippen molar-refractivity contribution < 1.29 is 37.1 Å². The first kappa shape index (κ1) is 32.7. The number of carbonyl (C=O) groups excluding carboxylic acids is 4. The van der Waals surface area contributed by atoms with E-state index in [2.05, 4.69) is 21.2 Å². The van der Waals surface area contributed by atoms with Crippen LogP contribution in [0.25, 0.3) is 0 Å². The maximum atomic E-state index is 14.1. The molecule has 15 heteroatoms. The van der Waals surface area contributed by atoms with Crippen molar-refractivity contribution in [2.24, 2.45) is 5.92 Å². The van der Waals surface area contributed by atoms with Crippen molar-refractivity contribution in [1.29, 1.82) is 0 Å². The van der Waals surface area contributed by atoms with Crippen molar-refractivity contribution in [2.45, 2.75) is 35.8 Å². The van der Waals surface area contributed by atoms with Crippen LogP contribution < -0.4 is 15.1 Å². The van der Waals surface area contributed by atoms with Crippen molar-refractivity contribution in [2.75, 3.05) is 16.8 Å². The number of anilines is 2. The molecule has 47 heavy (non-hydrogen) atoms. The van der Waals surface area contributed by atoms with E-state index < -0.39 is 69.6 Å². The van der Waals surface area contributed by atoms with Crippen LogP contribution in [0.1, 0.15) is 39.2 Å². The summed E-state index contributed by atoms with van der Waals surface area (Å²) < 4.78 is 47.5. The molecular weight excluding hydrogens is 723 g/mol. The third-order valence-electron chi connectivity index (χ3n) is 7.70. The fourth-order valence-corrected chi connectivity index (χ4v) is 8.89. The second-order valence-electron chi connectivity index (χ2n) is 10.6. The summed E-state index contributed by atoms with van der Waals surface area (Å²) >= 11 is 5.24. The fourth-order valence-electron chi connectivity index (χ4n) is 5.70. The van der Waals surface area contributed by atoms with Gasteiger partial charge < -0.3 is 10.1 Å². The molecule has 9 nitrogen and oxygen atoms in total. The molecule has 3 aromatic carbocycles. The summed E-state index contributed by atoms with van der Waals surface area (Å²) in [7, 11) is 0. The Labute approximate surface area is 281 Å². The van der Waals surface area contributed by atoms with Gasteiger partial charge in [0.1, 0.15) is 11.8 Å². The van der Waals surface area contributed by atoms with Crippen LogP contribution in [0.5, 0.6) is 0 Å². The number of alkyl halides is 3. The van der Waals surface area contributed by atoms with E-state index in [9.17, 15) is 37.1 Å². The predicted octanol–water partition coefficient (Wildman–Crippen LogP) is 6.30. The summed E-state index contributed by atoms with van der Waals surface area (Å²) in [5.41, 5.74) is -0.350. The number of para-hydroxylation sites is 1. The van der Waals surface area contributed by atoms with Gasteiger partial charge in [0, 0.05) is 15.3 Å². The first-order chi connectivity index (χ1) is 22.4. The Kier molecular flexibility index (Phi) is 8.89. The van der Waals surface area contributed by atoms with E-state index in [-0.39, 0.29) is 22.9 Å². The quantitative estimate of drug-likeness (QED) is 0.174. The van der Waals surface area contributed by atoms with Gasteiger partial charge in [0.25, 0.3) is 0 Å². The lowest BCUT2D eigenvalue weighted by Crippen LogP contribution is -2.33. The molecule has 0 aliphatic carbocycles. The molecule has 0 radical (unpaired) electrons. The lowest BCUT2D eigenvalue weighted by Gasteiger charge is -2.30. The number of thiazole rings is 1. The summed E-state index contributed by atoms with van der Waals surface area (Å²) in [6, 6.07) is 17.5. The van der Waals surface area contributed by atoms with Crippen molar-refractivity contribution in [1.82, 2.24) is 4.57 Å². The summed E-state index contributed by atoms with van der Waals surface area (Å²) in [6.07, 6.45) is -4.72. The van der Waals surface area contributed by atoms with Crippen LogP contribution >= 0.6 is 39.0 Å². The zero-order valence-electron chi connectivity index (χ0n) is 24.2. The third kappa shape index (κ3) is 6.14. The number of amides is 3. The fraction of sp³-hybridized carbons (Fsp3) is 0.219. The summed E-state index contributed by atoms with van der Waals surface area (Å²) in [4.78, 5) is 67.6. The first-order valence-electron chi connectivity index (χ1n) is 14.2. The van der Waals surface area contributed by atoms with Gasteiger partial charge >= 0.3 is 17.0 Å². The number of hydrogen-bond donors (Lipinski definition) is 1. The van der Waals surface area contributed by atoms with E-state index in [0.29, 0.717) is 14.9 Å². The molecule has 2 aliphatic heterocycles. The van der Waals surface area contributed by atoms with Gasteiger partial charge in [-0.2, -0.15) is 13.2 Å². The van der Waals surface area contributed by atoms with Gasteiger partial charge in [0.15, 0.2) is 0 Å². The van der Waals surface area contributed by atoms with Crippen molar-refractivity contribution in [3.8, 4) is 0 Å². The van der Waals surface area contributed by atoms with Crippen LogP contribution in [-0.4, -0.2) is 40.1 Å². The van der Waals surface area contributed by atoms with E-state index in [1.54, 1.807) is 31.2 Å². The molecule has 1 saturated heterocycles. The maximum Gasteiger partial charge on any atom is 0.418 e. The van der Waals surface area contributed by atoms with Gasteiger partial charge in [0.2, 0.25) is 17.7 Å². The van der Waals surface area contributed by atoms with Crippen LogP contribution in [-0.2, 0) is 31.8 Å². The average Bonchev–Trinajstić information content (AvgIpc) is 3.47. The van der Waals surface area contributed by atoms with E-state index in [4.69, 9.17) is 4.74 Å². The molecule has 3 heterocycles. The number of nitrogens with one attached hydrogen (secondary N) is 1. The first-order valence-corrected chi connectivity index (χ1v) is 16.6. The molecule has 0 spiro atoms. The number of thioether (sulfide) groups is 1. The standard InChI is InChI=1S/C32H23BrF3N3O6S2/c1-2-45-30(43)16-10-12-19(13-11-16)39-27(41)24-23(17-6-5-7-18(33)14-17)26-29(46-25(24)28(39)42)38(31(44)47-26)15-22(40)37-21-9-4-3-8-20(21)32(34,35)36/h3-14,23-25H,2,15H2,1H3,(H,37,40)/t23-,24?,25?/m1/s1. The molecule has 6 rings (SSSR count). The van der Waals surface area contributed by atoms with Gasteiger partial charge in [-0.05, 0) is 61.0 Å². The lowest BCUT2D eigenvalue weighted by molar-refractivity contribution is -0.137.